The van der Waals surface area contributed by atoms with Crippen LogP contribution in [0.15, 0.2) is 48.5 Å². The van der Waals surface area contributed by atoms with Crippen molar-refractivity contribution in [1.82, 2.24) is 10.2 Å². The topological polar surface area (TPSA) is 122 Å². The average molecular weight is 483 g/mol. The number of carbonyl (C=O) groups is 4. The molecule has 3 rings (SSSR count). The minimum atomic E-state index is -1.59. The Labute approximate surface area is 204 Å². The summed E-state index contributed by atoms with van der Waals surface area (Å²) in [5.74, 6) is -2.73. The zero-order valence-electron chi connectivity index (χ0n) is 19.9. The summed E-state index contributed by atoms with van der Waals surface area (Å²) in [6.07, 6.45) is -0.817. The smallest absolute Gasteiger partial charge is 0.408 e. The molecule has 0 heterocycles. The Kier molecular flexibility index (Phi) is 8.83. The number of esters is 1. The van der Waals surface area contributed by atoms with Crippen molar-refractivity contribution in [2.45, 2.75) is 38.6 Å². The molecule has 9 nitrogen and oxygen atoms in total. The first-order chi connectivity index (χ1) is 16.9. The molecule has 1 unspecified atom stereocenters. The third-order valence-corrected chi connectivity index (χ3v) is 5.89. The van der Waals surface area contributed by atoms with E-state index < -0.39 is 30.0 Å². The van der Waals surface area contributed by atoms with E-state index in [9.17, 15) is 19.2 Å². The van der Waals surface area contributed by atoms with Crippen molar-refractivity contribution in [1.29, 1.82) is 0 Å². The molecule has 35 heavy (non-hydrogen) atoms. The van der Waals surface area contributed by atoms with E-state index in [0.29, 0.717) is 0 Å². The highest BCUT2D eigenvalue weighted by Crippen LogP contribution is 2.44. The Bertz CT molecular complexity index is 1040. The van der Waals surface area contributed by atoms with Gasteiger partial charge in [0.15, 0.2) is 0 Å². The quantitative estimate of drug-likeness (QED) is 0.373. The Morgan fingerprint density at radius 3 is 2.11 bits per heavy atom. The van der Waals surface area contributed by atoms with Gasteiger partial charge >= 0.3 is 18.0 Å². The summed E-state index contributed by atoms with van der Waals surface area (Å²) < 4.78 is 10.5. The predicted octanol–water partition coefficient (Wildman–Crippen LogP) is 3.17. The number of benzene rings is 2. The van der Waals surface area contributed by atoms with Crippen molar-refractivity contribution < 1.29 is 33.8 Å². The first-order valence-corrected chi connectivity index (χ1v) is 11.7. The number of likely N-dealkylation sites (N-methyl/N-ethyl adjacent to an activating group) is 1. The number of carbonyl (C=O) groups excluding carboxylic acids is 3. The number of aliphatic carboxylic acids is 1. The van der Waals surface area contributed by atoms with E-state index in [1.54, 1.807) is 13.8 Å². The van der Waals surface area contributed by atoms with Gasteiger partial charge in [0.2, 0.25) is 6.04 Å². The Morgan fingerprint density at radius 2 is 1.57 bits per heavy atom. The number of rotatable bonds is 11. The molecule has 1 atom stereocenters. The average Bonchev–Trinajstić information content (AvgIpc) is 3.17. The second-order valence-corrected chi connectivity index (χ2v) is 8.07. The molecule has 2 N–H and O–H groups in total. The number of carboxylic acids is 1. The molecule has 2 amide bonds. The molecule has 0 fully saturated rings. The molecule has 0 saturated carbocycles. The number of hydrogen-bond donors (Lipinski definition) is 2. The van der Waals surface area contributed by atoms with Crippen LogP contribution in [0, 0.1) is 0 Å². The summed E-state index contributed by atoms with van der Waals surface area (Å²) in [6, 6.07) is 14.2. The van der Waals surface area contributed by atoms with Crippen molar-refractivity contribution >= 4 is 23.9 Å². The molecular formula is C26H30N2O7. The second-order valence-electron chi connectivity index (χ2n) is 8.07. The lowest BCUT2D eigenvalue weighted by Crippen LogP contribution is -2.53. The molecule has 0 radical (unpaired) electrons. The number of nitrogens with zero attached hydrogens (tertiary/aromatic N) is 1. The molecule has 2 aromatic rings. The minimum Gasteiger partial charge on any atom is -0.481 e. The second kappa shape index (κ2) is 12.0. The largest absolute Gasteiger partial charge is 0.481 e. The first-order valence-electron chi connectivity index (χ1n) is 11.7. The van der Waals surface area contributed by atoms with Crippen LogP contribution in [0.1, 0.15) is 43.7 Å². The Hall–Kier alpha value is -3.88. The first kappa shape index (κ1) is 25.7. The number of fused-ring (bicyclic) bond motifs is 3. The molecule has 0 aromatic heterocycles. The maximum absolute atomic E-state index is 13.0. The highest BCUT2D eigenvalue weighted by Gasteiger charge is 2.34. The fourth-order valence-corrected chi connectivity index (χ4v) is 4.23. The van der Waals surface area contributed by atoms with Crippen LogP contribution in [0.2, 0.25) is 0 Å². The van der Waals surface area contributed by atoms with Gasteiger partial charge < -0.3 is 19.5 Å². The van der Waals surface area contributed by atoms with Crippen LogP contribution >= 0.6 is 0 Å². The van der Waals surface area contributed by atoms with Gasteiger partial charge in [-0.3, -0.25) is 14.9 Å². The number of nitrogens with one attached hydrogen (secondary N) is 1. The van der Waals surface area contributed by atoms with Gasteiger partial charge in [0, 0.05) is 25.4 Å². The van der Waals surface area contributed by atoms with E-state index >= 15 is 0 Å². The van der Waals surface area contributed by atoms with Gasteiger partial charge in [0.05, 0.1) is 6.61 Å². The number of ether oxygens (including phenoxy) is 2. The third kappa shape index (κ3) is 6.17. The number of hydrogen-bond acceptors (Lipinski definition) is 6. The van der Waals surface area contributed by atoms with Gasteiger partial charge in [0.1, 0.15) is 6.61 Å². The molecule has 0 bridgehead atoms. The summed E-state index contributed by atoms with van der Waals surface area (Å²) in [4.78, 5) is 50.3. The molecule has 2 aromatic carbocycles. The minimum absolute atomic E-state index is 0.0275. The summed E-state index contributed by atoms with van der Waals surface area (Å²) in [6.45, 7) is 3.72. The summed E-state index contributed by atoms with van der Waals surface area (Å²) >= 11 is 0. The summed E-state index contributed by atoms with van der Waals surface area (Å²) in [5.41, 5.74) is 4.23. The van der Waals surface area contributed by atoms with Crippen LogP contribution in [-0.4, -0.2) is 66.3 Å². The maximum atomic E-state index is 13.0. The Balaban J connectivity index is 1.69. The Morgan fingerprint density at radius 1 is 0.971 bits per heavy atom. The highest BCUT2D eigenvalue weighted by atomic mass is 16.6. The monoisotopic (exact) mass is 482 g/mol. The van der Waals surface area contributed by atoms with Gasteiger partial charge in [-0.15, -0.1) is 0 Å². The molecule has 1 aliphatic rings. The van der Waals surface area contributed by atoms with E-state index in [2.05, 4.69) is 5.32 Å². The van der Waals surface area contributed by atoms with Crippen molar-refractivity contribution in [3.63, 3.8) is 0 Å². The zero-order valence-corrected chi connectivity index (χ0v) is 19.9. The number of carboxylic acid groups (broad SMARTS) is 1. The van der Waals surface area contributed by atoms with Crippen LogP contribution in [0.4, 0.5) is 4.79 Å². The molecule has 0 saturated heterocycles. The van der Waals surface area contributed by atoms with Crippen LogP contribution in [-0.2, 0) is 23.9 Å². The standard InChI is InChI=1S/C26H30N2O7/c1-3-28(15-9-14-22(29)30)24(31)23(25(32)34-4-2)27-26(33)35-16-21-19-12-7-5-10-17(19)18-11-6-8-13-20(18)21/h5-8,10-13,21,23H,3-4,9,14-16H2,1-2H3,(H,27,33)(H,29,30). The maximum Gasteiger partial charge on any atom is 0.408 e. The molecule has 9 heteroatoms. The third-order valence-electron chi connectivity index (χ3n) is 5.89. The van der Waals surface area contributed by atoms with E-state index in [0.717, 1.165) is 22.3 Å². The summed E-state index contributed by atoms with van der Waals surface area (Å²) in [5, 5.41) is 11.2. The molecule has 0 spiro atoms. The normalized spacial score (nSPS) is 12.7. The lowest BCUT2D eigenvalue weighted by atomic mass is 9.98. The van der Waals surface area contributed by atoms with Gasteiger partial charge in [-0.05, 0) is 42.5 Å². The summed E-state index contributed by atoms with van der Waals surface area (Å²) in [7, 11) is 0. The van der Waals surface area contributed by atoms with Gasteiger partial charge in [0.25, 0.3) is 5.91 Å². The van der Waals surface area contributed by atoms with Crippen LogP contribution in [0.3, 0.4) is 0 Å². The van der Waals surface area contributed by atoms with E-state index in [1.165, 1.54) is 4.90 Å². The van der Waals surface area contributed by atoms with Gasteiger partial charge in [-0.1, -0.05) is 48.5 Å². The van der Waals surface area contributed by atoms with Crippen molar-refractivity contribution in [2.24, 2.45) is 0 Å². The molecule has 186 valence electrons. The number of alkyl carbamates (subject to hydrolysis) is 1. The van der Waals surface area contributed by atoms with Crippen molar-refractivity contribution in [3.8, 4) is 11.1 Å². The van der Waals surface area contributed by atoms with Crippen molar-refractivity contribution in [2.75, 3.05) is 26.3 Å². The van der Waals surface area contributed by atoms with Crippen molar-refractivity contribution in [3.05, 3.63) is 59.7 Å². The van der Waals surface area contributed by atoms with Gasteiger partial charge in [-0.25, -0.2) is 9.59 Å². The fourth-order valence-electron chi connectivity index (χ4n) is 4.23. The van der Waals surface area contributed by atoms with Crippen LogP contribution in [0.5, 0.6) is 0 Å². The molecular weight excluding hydrogens is 452 g/mol. The van der Waals surface area contributed by atoms with Crippen LogP contribution < -0.4 is 5.32 Å². The molecule has 0 aliphatic heterocycles. The van der Waals surface area contributed by atoms with E-state index in [1.807, 2.05) is 48.5 Å². The zero-order chi connectivity index (χ0) is 25.4. The van der Waals surface area contributed by atoms with E-state index in [-0.39, 0.29) is 45.1 Å². The lowest BCUT2D eigenvalue weighted by molar-refractivity contribution is -0.152. The fraction of sp³-hybridized carbons (Fsp3) is 0.385. The lowest BCUT2D eigenvalue weighted by Gasteiger charge is -2.25. The van der Waals surface area contributed by atoms with Crippen LogP contribution in [0.25, 0.3) is 11.1 Å². The highest BCUT2D eigenvalue weighted by molar-refractivity contribution is 6.04. The molecule has 1 aliphatic carbocycles. The predicted molar refractivity (Wildman–Crippen MR) is 128 cm³/mol. The SMILES string of the molecule is CCOC(=O)C(NC(=O)OCC1c2ccccc2-c2ccccc21)C(=O)N(CC)CCCC(=O)O. The van der Waals surface area contributed by atoms with Gasteiger partial charge in [-0.2, -0.15) is 0 Å². The van der Waals surface area contributed by atoms with E-state index in [4.69, 9.17) is 14.6 Å². The number of amides is 2.